The Balaban J connectivity index is 1.50. The molecular formula is C17H16BrN3O4. The summed E-state index contributed by atoms with van der Waals surface area (Å²) in [5.41, 5.74) is 1.37. The third-order valence-corrected chi connectivity index (χ3v) is 4.35. The average molecular weight is 406 g/mol. The minimum Gasteiger partial charge on any atom is -0.445 e. The second-order valence-corrected chi connectivity index (χ2v) is 6.62. The zero-order valence-electron chi connectivity index (χ0n) is 13.2. The smallest absolute Gasteiger partial charge is 0.410 e. The van der Waals surface area contributed by atoms with Gasteiger partial charge in [-0.1, -0.05) is 46.3 Å². The van der Waals surface area contributed by atoms with Crippen molar-refractivity contribution in [1.82, 2.24) is 4.90 Å². The topological polar surface area (TPSA) is 84.7 Å². The van der Waals surface area contributed by atoms with Crippen molar-refractivity contribution >= 4 is 33.4 Å². The number of nitrogens with one attached hydrogen (secondary N) is 1. The molecular weight excluding hydrogens is 390 g/mol. The summed E-state index contributed by atoms with van der Waals surface area (Å²) in [5, 5.41) is 14.2. The summed E-state index contributed by atoms with van der Waals surface area (Å²) < 4.78 is 6.00. The van der Waals surface area contributed by atoms with Crippen LogP contribution in [-0.4, -0.2) is 35.0 Å². The van der Waals surface area contributed by atoms with E-state index in [0.717, 1.165) is 10.0 Å². The van der Waals surface area contributed by atoms with Crippen molar-refractivity contribution < 1.29 is 14.5 Å². The molecule has 1 amide bonds. The molecule has 1 fully saturated rings. The number of benzene rings is 2. The summed E-state index contributed by atoms with van der Waals surface area (Å²) in [6.07, 6.45) is -0.384. The third-order valence-electron chi connectivity index (χ3n) is 3.86. The fraction of sp³-hybridized carbons (Fsp3) is 0.235. The fourth-order valence-corrected chi connectivity index (χ4v) is 2.89. The van der Waals surface area contributed by atoms with E-state index < -0.39 is 4.92 Å². The number of nitro groups is 1. The lowest BCUT2D eigenvalue weighted by Crippen LogP contribution is -2.57. The second kappa shape index (κ2) is 7.52. The first-order chi connectivity index (χ1) is 12.0. The quantitative estimate of drug-likeness (QED) is 0.603. The van der Waals surface area contributed by atoms with Crippen LogP contribution in [-0.2, 0) is 11.3 Å². The van der Waals surface area contributed by atoms with Gasteiger partial charge >= 0.3 is 6.09 Å². The van der Waals surface area contributed by atoms with Crippen molar-refractivity contribution in [1.29, 1.82) is 0 Å². The van der Waals surface area contributed by atoms with Gasteiger partial charge in [0.25, 0.3) is 5.69 Å². The zero-order valence-corrected chi connectivity index (χ0v) is 14.8. The molecule has 0 unspecified atom stereocenters. The number of nitrogens with zero attached hydrogens (tertiary/aromatic N) is 2. The molecule has 3 rings (SSSR count). The van der Waals surface area contributed by atoms with Crippen LogP contribution in [0.3, 0.4) is 0 Å². The van der Waals surface area contributed by atoms with Gasteiger partial charge in [-0.2, -0.15) is 0 Å². The van der Waals surface area contributed by atoms with E-state index in [0.29, 0.717) is 18.8 Å². The molecule has 1 N–H and O–H groups in total. The monoisotopic (exact) mass is 405 g/mol. The van der Waals surface area contributed by atoms with E-state index in [1.807, 2.05) is 30.3 Å². The molecule has 0 saturated carbocycles. The molecule has 0 atom stereocenters. The first-order valence-corrected chi connectivity index (χ1v) is 8.48. The Labute approximate surface area is 152 Å². The molecule has 1 aliphatic rings. The van der Waals surface area contributed by atoms with Crippen LogP contribution in [0.1, 0.15) is 5.56 Å². The number of amides is 1. The number of carbonyl (C=O) groups excluding carboxylic acids is 1. The summed E-state index contributed by atoms with van der Waals surface area (Å²) in [6, 6.07) is 14.1. The molecule has 1 heterocycles. The maximum atomic E-state index is 12.0. The van der Waals surface area contributed by atoms with E-state index in [9.17, 15) is 14.9 Å². The number of hydrogen-bond acceptors (Lipinski definition) is 5. The molecule has 0 radical (unpaired) electrons. The highest BCUT2D eigenvalue weighted by Crippen LogP contribution is 2.29. The summed E-state index contributed by atoms with van der Waals surface area (Å²) in [4.78, 5) is 24.2. The van der Waals surface area contributed by atoms with Crippen molar-refractivity contribution in [2.45, 2.75) is 12.6 Å². The van der Waals surface area contributed by atoms with E-state index in [1.54, 1.807) is 17.0 Å². The van der Waals surface area contributed by atoms with E-state index in [4.69, 9.17) is 4.74 Å². The lowest BCUT2D eigenvalue weighted by atomic mass is 10.1. The fourth-order valence-electron chi connectivity index (χ4n) is 2.53. The lowest BCUT2D eigenvalue weighted by molar-refractivity contribution is -0.384. The van der Waals surface area contributed by atoms with Crippen LogP contribution in [0.5, 0.6) is 0 Å². The first kappa shape index (κ1) is 17.2. The highest BCUT2D eigenvalue weighted by molar-refractivity contribution is 9.10. The number of likely N-dealkylation sites (tertiary alicyclic amines) is 1. The number of halogens is 1. The Morgan fingerprint density at radius 1 is 1.28 bits per heavy atom. The Morgan fingerprint density at radius 2 is 2.00 bits per heavy atom. The molecule has 7 nitrogen and oxygen atoms in total. The van der Waals surface area contributed by atoms with Gasteiger partial charge in [-0.3, -0.25) is 10.1 Å². The van der Waals surface area contributed by atoms with Gasteiger partial charge in [-0.05, 0) is 17.7 Å². The minimum atomic E-state index is -0.431. The van der Waals surface area contributed by atoms with Crippen LogP contribution in [0.2, 0.25) is 0 Å². The normalized spacial score (nSPS) is 13.9. The molecule has 0 aliphatic carbocycles. The second-order valence-electron chi connectivity index (χ2n) is 5.71. The number of anilines is 1. The van der Waals surface area contributed by atoms with Gasteiger partial charge in [0.2, 0.25) is 0 Å². The molecule has 130 valence electrons. The summed E-state index contributed by atoms with van der Waals surface area (Å²) in [6.45, 7) is 1.11. The van der Waals surface area contributed by atoms with Crippen molar-refractivity contribution in [2.75, 3.05) is 18.4 Å². The Morgan fingerprint density at radius 3 is 2.68 bits per heavy atom. The van der Waals surface area contributed by atoms with Crippen molar-refractivity contribution in [2.24, 2.45) is 0 Å². The van der Waals surface area contributed by atoms with Crippen LogP contribution in [0, 0.1) is 10.1 Å². The summed E-state index contributed by atoms with van der Waals surface area (Å²) >= 11 is 3.31. The zero-order chi connectivity index (χ0) is 17.8. The standard InChI is InChI=1S/C17H16BrN3O4/c18-13-6-7-16(21(23)24)15(8-13)19-14-9-20(10-14)17(22)25-11-12-4-2-1-3-5-12/h1-8,14,19H,9-11H2. The maximum absolute atomic E-state index is 12.0. The average Bonchev–Trinajstić information content (AvgIpc) is 2.56. The number of nitro benzene ring substituents is 1. The van der Waals surface area contributed by atoms with Gasteiger partial charge in [-0.25, -0.2) is 4.79 Å². The summed E-state index contributed by atoms with van der Waals surface area (Å²) in [7, 11) is 0. The number of rotatable bonds is 5. The van der Waals surface area contributed by atoms with Gasteiger partial charge in [0.15, 0.2) is 0 Å². The highest BCUT2D eigenvalue weighted by atomic mass is 79.9. The van der Waals surface area contributed by atoms with Crippen LogP contribution in [0.15, 0.2) is 53.0 Å². The van der Waals surface area contributed by atoms with Gasteiger partial charge in [-0.15, -0.1) is 0 Å². The molecule has 2 aromatic rings. The Bertz CT molecular complexity index is 779. The highest BCUT2D eigenvalue weighted by Gasteiger charge is 2.33. The predicted molar refractivity (Wildman–Crippen MR) is 96.4 cm³/mol. The molecule has 0 aromatic heterocycles. The van der Waals surface area contributed by atoms with Crippen molar-refractivity contribution in [3.05, 3.63) is 68.7 Å². The SMILES string of the molecule is O=C(OCc1ccccc1)N1CC(Nc2cc(Br)ccc2[N+](=O)[O-])C1. The van der Waals surface area contributed by atoms with Gasteiger partial charge in [0.05, 0.1) is 11.0 Å². The first-order valence-electron chi connectivity index (χ1n) is 7.69. The Hall–Kier alpha value is -2.61. The number of hydrogen-bond donors (Lipinski definition) is 1. The van der Waals surface area contributed by atoms with Gasteiger partial charge in [0.1, 0.15) is 12.3 Å². The maximum Gasteiger partial charge on any atom is 0.410 e. The third kappa shape index (κ3) is 4.27. The van der Waals surface area contributed by atoms with Crippen LogP contribution in [0.25, 0.3) is 0 Å². The van der Waals surface area contributed by atoms with Crippen molar-refractivity contribution in [3.8, 4) is 0 Å². The molecule has 1 aliphatic heterocycles. The molecule has 8 heteroatoms. The van der Waals surface area contributed by atoms with Crippen LogP contribution < -0.4 is 5.32 Å². The van der Waals surface area contributed by atoms with E-state index in [1.165, 1.54) is 6.07 Å². The minimum absolute atomic E-state index is 0.00769. The predicted octanol–water partition coefficient (Wildman–Crippen LogP) is 3.79. The molecule has 2 aromatic carbocycles. The van der Waals surface area contributed by atoms with E-state index in [-0.39, 0.29) is 24.4 Å². The number of carbonyl (C=O) groups is 1. The van der Waals surface area contributed by atoms with E-state index in [2.05, 4.69) is 21.2 Å². The van der Waals surface area contributed by atoms with Gasteiger partial charge in [0, 0.05) is 23.6 Å². The largest absolute Gasteiger partial charge is 0.445 e. The van der Waals surface area contributed by atoms with Crippen molar-refractivity contribution in [3.63, 3.8) is 0 Å². The molecule has 1 saturated heterocycles. The summed E-state index contributed by atoms with van der Waals surface area (Å²) in [5.74, 6) is 0. The molecule has 0 bridgehead atoms. The van der Waals surface area contributed by atoms with Crippen LogP contribution >= 0.6 is 15.9 Å². The molecule has 0 spiro atoms. The van der Waals surface area contributed by atoms with Gasteiger partial charge < -0.3 is 15.0 Å². The molecule has 25 heavy (non-hydrogen) atoms. The lowest BCUT2D eigenvalue weighted by Gasteiger charge is -2.39. The van der Waals surface area contributed by atoms with Crippen LogP contribution in [0.4, 0.5) is 16.2 Å². The number of ether oxygens (including phenoxy) is 1. The van der Waals surface area contributed by atoms with E-state index >= 15 is 0 Å². The Kier molecular flexibility index (Phi) is 5.18.